The third kappa shape index (κ3) is 2.22. The van der Waals surface area contributed by atoms with E-state index in [9.17, 15) is 14.0 Å². The fourth-order valence-electron chi connectivity index (χ4n) is 2.98. The highest BCUT2D eigenvalue weighted by atomic mass is 19.3. The van der Waals surface area contributed by atoms with E-state index in [0.29, 0.717) is 11.6 Å². The van der Waals surface area contributed by atoms with Crippen LogP contribution in [0.15, 0.2) is 24.4 Å². The van der Waals surface area contributed by atoms with Gasteiger partial charge in [0.05, 0.1) is 11.1 Å². The van der Waals surface area contributed by atoms with E-state index in [4.69, 9.17) is 0 Å². The van der Waals surface area contributed by atoms with Crippen LogP contribution < -0.4 is 4.74 Å². The molecule has 1 saturated carbocycles. The number of aromatic nitrogens is 1. The molecule has 0 spiro atoms. The molecule has 0 aliphatic heterocycles. The molecule has 5 heteroatoms. The minimum atomic E-state index is -2.84. The van der Waals surface area contributed by atoms with E-state index in [1.165, 1.54) is 18.9 Å². The van der Waals surface area contributed by atoms with Gasteiger partial charge >= 0.3 is 6.61 Å². The Morgan fingerprint density at radius 2 is 2.05 bits per heavy atom. The van der Waals surface area contributed by atoms with E-state index in [1.54, 1.807) is 12.1 Å². The van der Waals surface area contributed by atoms with E-state index >= 15 is 0 Å². The van der Waals surface area contributed by atoms with Gasteiger partial charge in [-0.3, -0.25) is 0 Å². The highest BCUT2D eigenvalue weighted by Crippen LogP contribution is 2.35. The van der Waals surface area contributed by atoms with Crippen LogP contribution in [0.2, 0.25) is 0 Å². The summed E-state index contributed by atoms with van der Waals surface area (Å²) >= 11 is 0. The fraction of sp³-hybridized carbons (Fsp3) is 0.400. The first-order chi connectivity index (χ1) is 9.69. The van der Waals surface area contributed by atoms with E-state index in [0.717, 1.165) is 23.7 Å². The molecule has 3 rings (SSSR count). The van der Waals surface area contributed by atoms with Crippen LogP contribution in [0.4, 0.5) is 8.78 Å². The van der Waals surface area contributed by atoms with Crippen LogP contribution in [-0.2, 0) is 0 Å². The number of nitrogens with zero attached hydrogens (tertiary/aromatic N) is 2. The Morgan fingerprint density at radius 1 is 1.30 bits per heavy atom. The number of ether oxygens (including phenoxy) is 1. The molecule has 0 bridgehead atoms. The SMILES string of the molecule is N#Cc1cn(C2CCCC2)c2cc(OC(F)F)ccc12. The van der Waals surface area contributed by atoms with Crippen molar-refractivity contribution < 1.29 is 13.5 Å². The average Bonchev–Trinajstić information content (AvgIpc) is 3.03. The number of nitriles is 1. The van der Waals surface area contributed by atoms with Gasteiger partial charge < -0.3 is 9.30 Å². The first-order valence-corrected chi connectivity index (χ1v) is 6.68. The Hall–Kier alpha value is -2.09. The van der Waals surface area contributed by atoms with Crippen molar-refractivity contribution in [1.82, 2.24) is 4.57 Å². The second-order valence-electron chi connectivity index (χ2n) is 5.06. The predicted octanol–water partition coefficient (Wildman–Crippen LogP) is 4.23. The molecule has 104 valence electrons. The van der Waals surface area contributed by atoms with Crippen molar-refractivity contribution in [3.8, 4) is 11.8 Å². The maximum atomic E-state index is 12.3. The molecule has 0 N–H and O–H groups in total. The number of halogens is 2. The van der Waals surface area contributed by atoms with Crippen molar-refractivity contribution in [3.05, 3.63) is 30.0 Å². The van der Waals surface area contributed by atoms with Gasteiger partial charge in [-0.2, -0.15) is 14.0 Å². The molecule has 1 fully saturated rings. The topological polar surface area (TPSA) is 38.0 Å². The molecule has 1 heterocycles. The lowest BCUT2D eigenvalue weighted by atomic mass is 10.2. The van der Waals surface area contributed by atoms with Gasteiger partial charge in [0.1, 0.15) is 11.8 Å². The summed E-state index contributed by atoms with van der Waals surface area (Å²) in [6, 6.07) is 7.27. The van der Waals surface area contributed by atoms with E-state index < -0.39 is 6.61 Å². The normalized spacial score (nSPS) is 15.9. The molecule has 1 aromatic heterocycles. The lowest BCUT2D eigenvalue weighted by molar-refractivity contribution is -0.0497. The summed E-state index contributed by atoms with van der Waals surface area (Å²) in [7, 11) is 0. The molecule has 0 atom stereocenters. The summed E-state index contributed by atoms with van der Waals surface area (Å²) in [6.45, 7) is -2.84. The molecule has 0 saturated heterocycles. The third-order valence-corrected chi connectivity index (χ3v) is 3.87. The highest BCUT2D eigenvalue weighted by molar-refractivity contribution is 5.87. The fourth-order valence-corrected chi connectivity index (χ4v) is 2.98. The summed E-state index contributed by atoms with van der Waals surface area (Å²) in [5.41, 5.74) is 1.38. The van der Waals surface area contributed by atoms with Crippen molar-refractivity contribution in [1.29, 1.82) is 5.26 Å². The lowest BCUT2D eigenvalue weighted by Gasteiger charge is -2.13. The Morgan fingerprint density at radius 3 is 2.70 bits per heavy atom. The quantitative estimate of drug-likeness (QED) is 0.841. The van der Waals surface area contributed by atoms with Gasteiger partial charge in [-0.25, -0.2) is 0 Å². The first kappa shape index (κ1) is 12.9. The molecule has 2 aromatic rings. The van der Waals surface area contributed by atoms with Crippen LogP contribution in [0.3, 0.4) is 0 Å². The number of hydrogen-bond donors (Lipinski definition) is 0. The summed E-state index contributed by atoms with van der Waals surface area (Å²) in [6.07, 6.45) is 6.29. The van der Waals surface area contributed by atoms with Crippen molar-refractivity contribution in [2.45, 2.75) is 38.3 Å². The number of benzene rings is 1. The van der Waals surface area contributed by atoms with Gasteiger partial charge in [0.2, 0.25) is 0 Å². The summed E-state index contributed by atoms with van der Waals surface area (Å²) in [5, 5.41) is 9.98. The van der Waals surface area contributed by atoms with Gasteiger partial charge in [-0.05, 0) is 25.0 Å². The smallest absolute Gasteiger partial charge is 0.387 e. The van der Waals surface area contributed by atoms with Gasteiger partial charge in [0.15, 0.2) is 0 Å². The Kier molecular flexibility index (Phi) is 3.31. The van der Waals surface area contributed by atoms with Crippen LogP contribution in [0.25, 0.3) is 10.9 Å². The Bertz CT molecular complexity index is 666. The van der Waals surface area contributed by atoms with Gasteiger partial charge in [0, 0.05) is 23.7 Å². The molecular weight excluding hydrogens is 262 g/mol. The van der Waals surface area contributed by atoms with Gasteiger partial charge in [-0.1, -0.05) is 12.8 Å². The van der Waals surface area contributed by atoms with E-state index in [1.807, 2.05) is 10.8 Å². The molecule has 3 nitrogen and oxygen atoms in total. The predicted molar refractivity (Wildman–Crippen MR) is 70.8 cm³/mol. The maximum Gasteiger partial charge on any atom is 0.387 e. The molecule has 1 aliphatic rings. The number of rotatable bonds is 3. The molecule has 1 aromatic carbocycles. The van der Waals surface area contributed by atoms with Gasteiger partial charge in [0.25, 0.3) is 0 Å². The molecule has 20 heavy (non-hydrogen) atoms. The standard InChI is InChI=1S/C15H14F2N2O/c16-15(17)20-12-5-6-13-10(8-18)9-19(14(13)7-12)11-3-1-2-4-11/h5-7,9,11,15H,1-4H2. The van der Waals surface area contributed by atoms with Crippen molar-refractivity contribution in [3.63, 3.8) is 0 Å². The number of hydrogen-bond acceptors (Lipinski definition) is 2. The van der Waals surface area contributed by atoms with Crippen LogP contribution >= 0.6 is 0 Å². The van der Waals surface area contributed by atoms with Gasteiger partial charge in [-0.15, -0.1) is 0 Å². The Balaban J connectivity index is 2.10. The molecule has 0 unspecified atom stereocenters. The van der Waals surface area contributed by atoms with Crippen LogP contribution in [0.5, 0.6) is 5.75 Å². The summed E-state index contributed by atoms with van der Waals surface area (Å²) in [4.78, 5) is 0. The van der Waals surface area contributed by atoms with E-state index in [-0.39, 0.29) is 5.75 Å². The number of alkyl halides is 2. The molecule has 1 aliphatic carbocycles. The zero-order chi connectivity index (χ0) is 14.1. The monoisotopic (exact) mass is 276 g/mol. The minimum absolute atomic E-state index is 0.134. The Labute approximate surface area is 115 Å². The molecule has 0 radical (unpaired) electrons. The second-order valence-corrected chi connectivity index (χ2v) is 5.06. The first-order valence-electron chi connectivity index (χ1n) is 6.68. The molecule has 0 amide bonds. The average molecular weight is 276 g/mol. The molecular formula is C15H14F2N2O. The lowest BCUT2D eigenvalue weighted by Crippen LogP contribution is -2.04. The largest absolute Gasteiger partial charge is 0.435 e. The third-order valence-electron chi connectivity index (χ3n) is 3.87. The summed E-state index contributed by atoms with van der Waals surface area (Å²) < 4.78 is 31.1. The van der Waals surface area contributed by atoms with Crippen molar-refractivity contribution >= 4 is 10.9 Å². The van der Waals surface area contributed by atoms with Crippen molar-refractivity contribution in [2.75, 3.05) is 0 Å². The second kappa shape index (κ2) is 5.12. The van der Waals surface area contributed by atoms with E-state index in [2.05, 4.69) is 10.8 Å². The highest BCUT2D eigenvalue weighted by Gasteiger charge is 2.20. The van der Waals surface area contributed by atoms with Crippen LogP contribution in [-0.4, -0.2) is 11.2 Å². The van der Waals surface area contributed by atoms with Crippen LogP contribution in [0.1, 0.15) is 37.3 Å². The summed E-state index contributed by atoms with van der Waals surface area (Å²) in [5.74, 6) is 0.134. The van der Waals surface area contributed by atoms with Crippen molar-refractivity contribution in [2.24, 2.45) is 0 Å². The zero-order valence-corrected chi connectivity index (χ0v) is 10.9. The maximum absolute atomic E-state index is 12.3. The van der Waals surface area contributed by atoms with Crippen LogP contribution in [0, 0.1) is 11.3 Å². The minimum Gasteiger partial charge on any atom is -0.435 e. The zero-order valence-electron chi connectivity index (χ0n) is 10.9. The number of fused-ring (bicyclic) bond motifs is 1.